The number of hydrogen-bond acceptors (Lipinski definition) is 5. The molecule has 0 radical (unpaired) electrons. The molecular weight excluding hydrogens is 849 g/mol. The number of ether oxygens (including phenoxy) is 1. The van der Waals surface area contributed by atoms with Crippen LogP contribution in [-0.2, 0) is 0 Å². The molecule has 0 atom stereocenters. The summed E-state index contributed by atoms with van der Waals surface area (Å²) in [4.78, 5) is 3.32. The average molecular weight is 881 g/mol. The van der Waals surface area contributed by atoms with Gasteiger partial charge in [-0.25, -0.2) is 17.6 Å². The third-order valence-corrected chi connectivity index (χ3v) is 12.7. The van der Waals surface area contributed by atoms with E-state index < -0.39 is 34.5 Å². The molecule has 0 unspecified atom stereocenters. The predicted molar refractivity (Wildman–Crippen MR) is 259 cm³/mol. The Morgan fingerprint density at radius 3 is 1.49 bits per heavy atom. The van der Waals surface area contributed by atoms with Gasteiger partial charge in [0.05, 0.1) is 22.6 Å². The molecule has 0 fully saturated rings. The summed E-state index contributed by atoms with van der Waals surface area (Å²) < 4.78 is 86.7. The van der Waals surface area contributed by atoms with Crippen molar-refractivity contribution in [2.45, 2.75) is 0 Å². The van der Waals surface area contributed by atoms with Crippen molar-refractivity contribution in [1.82, 2.24) is 0 Å². The molecule has 10 aromatic carbocycles. The first kappa shape index (κ1) is 38.6. The Labute approximate surface area is 379 Å². The number of nitrogens with zero attached hydrogens (tertiary/aromatic N) is 2. The molecule has 0 N–H and O–H groups in total. The van der Waals surface area contributed by atoms with Crippen molar-refractivity contribution in [3.8, 4) is 33.8 Å². The first-order chi connectivity index (χ1) is 32.9. The van der Waals surface area contributed by atoms with Gasteiger partial charge < -0.3 is 23.4 Å². The van der Waals surface area contributed by atoms with Gasteiger partial charge in [-0.1, -0.05) is 121 Å². The van der Waals surface area contributed by atoms with Gasteiger partial charge in [-0.15, -0.1) is 0 Å². The summed E-state index contributed by atoms with van der Waals surface area (Å²) in [6.45, 7) is 0. The highest BCUT2D eigenvalue weighted by atomic mass is 19.2. The number of anilines is 6. The lowest BCUT2D eigenvalue weighted by Gasteiger charge is -2.29. The van der Waals surface area contributed by atoms with Crippen molar-refractivity contribution in [2.24, 2.45) is 0 Å². The average Bonchev–Trinajstić information content (AvgIpc) is 3.95. The molecule has 2 aromatic heterocycles. The molecular formula is C58H32F4N2O3. The lowest BCUT2D eigenvalue weighted by Crippen LogP contribution is -2.17. The Bertz CT molecular complexity index is 3950. The lowest BCUT2D eigenvalue weighted by molar-refractivity contribution is 0.461. The second-order valence-corrected chi connectivity index (χ2v) is 16.4. The molecule has 0 amide bonds. The van der Waals surface area contributed by atoms with Gasteiger partial charge in [0.2, 0.25) is 0 Å². The van der Waals surface area contributed by atoms with E-state index in [9.17, 15) is 0 Å². The van der Waals surface area contributed by atoms with E-state index >= 15 is 17.6 Å². The molecule has 1 aliphatic heterocycles. The van der Waals surface area contributed by atoms with Crippen molar-refractivity contribution >= 4 is 88.8 Å². The van der Waals surface area contributed by atoms with Crippen molar-refractivity contribution in [3.05, 3.63) is 217 Å². The van der Waals surface area contributed by atoms with E-state index in [1.165, 1.54) is 12.1 Å². The fourth-order valence-corrected chi connectivity index (χ4v) is 9.80. The van der Waals surface area contributed by atoms with Crippen LogP contribution in [0.2, 0.25) is 0 Å². The third kappa shape index (κ3) is 5.81. The molecule has 0 saturated heterocycles. The minimum atomic E-state index is -1.58. The molecule has 0 spiro atoms. The van der Waals surface area contributed by atoms with E-state index in [1.807, 2.05) is 115 Å². The fraction of sp³-hybridized carbons (Fsp3) is 0. The minimum absolute atomic E-state index is 0.106. The Balaban J connectivity index is 0.939. The molecule has 1 aliphatic rings. The van der Waals surface area contributed by atoms with Crippen LogP contribution in [0.25, 0.3) is 76.9 Å². The van der Waals surface area contributed by atoms with Crippen molar-refractivity contribution in [3.63, 3.8) is 0 Å². The van der Waals surface area contributed by atoms with Crippen molar-refractivity contribution in [2.75, 3.05) is 9.80 Å². The zero-order valence-electron chi connectivity index (χ0n) is 35.1. The number of benzene rings is 10. The first-order valence-corrected chi connectivity index (χ1v) is 21.7. The van der Waals surface area contributed by atoms with Crippen LogP contribution in [0, 0.1) is 23.3 Å². The maximum Gasteiger partial charge on any atom is 0.186 e. The van der Waals surface area contributed by atoms with Gasteiger partial charge >= 0.3 is 0 Å². The Morgan fingerprint density at radius 2 is 0.866 bits per heavy atom. The molecule has 5 nitrogen and oxygen atoms in total. The predicted octanol–water partition coefficient (Wildman–Crippen LogP) is 17.6. The van der Waals surface area contributed by atoms with Crippen LogP contribution in [0.1, 0.15) is 0 Å². The maximum absolute atomic E-state index is 16.9. The fourth-order valence-electron chi connectivity index (χ4n) is 9.80. The summed E-state index contributed by atoms with van der Waals surface area (Å²) >= 11 is 0. The topological polar surface area (TPSA) is 42.0 Å². The second kappa shape index (κ2) is 14.9. The zero-order valence-corrected chi connectivity index (χ0v) is 35.1. The van der Waals surface area contributed by atoms with Gasteiger partial charge in [0.15, 0.2) is 34.4 Å². The quantitative estimate of drug-likeness (QED) is 0.118. The molecule has 3 heterocycles. The second-order valence-electron chi connectivity index (χ2n) is 16.4. The van der Waals surface area contributed by atoms with E-state index in [1.54, 1.807) is 54.6 Å². The number of fused-ring (bicyclic) bond motifs is 8. The summed E-state index contributed by atoms with van der Waals surface area (Å²) in [5.41, 5.74) is 4.98. The highest BCUT2D eigenvalue weighted by Crippen LogP contribution is 2.53. The maximum atomic E-state index is 16.9. The number of para-hydroxylation sites is 6. The number of hydrogen-bond donors (Lipinski definition) is 0. The van der Waals surface area contributed by atoms with Gasteiger partial charge in [0.1, 0.15) is 28.4 Å². The highest BCUT2D eigenvalue weighted by molar-refractivity contribution is 6.15. The molecule has 13 rings (SSSR count). The van der Waals surface area contributed by atoms with Crippen LogP contribution in [0.3, 0.4) is 0 Å². The van der Waals surface area contributed by atoms with E-state index in [0.29, 0.717) is 27.9 Å². The molecule has 12 aromatic rings. The number of furan rings is 2. The summed E-state index contributed by atoms with van der Waals surface area (Å²) in [7, 11) is 0. The SMILES string of the molecule is Fc1c(F)c(N(c2ccccc2)c2cccc3c2oc2ccccc23)c(F)c(F)c1-c1ccc2c(c1)Oc1cccc3c(N(c4ccccc4)c4cccc5c4oc4ccccc45)ccc-2c13. The third-order valence-electron chi connectivity index (χ3n) is 12.7. The van der Waals surface area contributed by atoms with Crippen molar-refractivity contribution < 1.29 is 31.1 Å². The van der Waals surface area contributed by atoms with Crippen LogP contribution in [0.5, 0.6) is 11.5 Å². The van der Waals surface area contributed by atoms with E-state index in [2.05, 4.69) is 17.0 Å². The van der Waals surface area contributed by atoms with Crippen LogP contribution >= 0.6 is 0 Å². The molecule has 0 saturated carbocycles. The number of rotatable bonds is 7. The lowest BCUT2D eigenvalue weighted by atomic mass is 9.91. The Kier molecular flexibility index (Phi) is 8.57. The van der Waals surface area contributed by atoms with Crippen LogP contribution in [0.4, 0.5) is 51.7 Å². The zero-order chi connectivity index (χ0) is 44.9. The van der Waals surface area contributed by atoms with Gasteiger partial charge in [-0.2, -0.15) is 0 Å². The van der Waals surface area contributed by atoms with E-state index in [0.717, 1.165) is 65.6 Å². The monoisotopic (exact) mass is 880 g/mol. The summed E-state index contributed by atoms with van der Waals surface area (Å²) in [6, 6.07) is 59.2. The van der Waals surface area contributed by atoms with Crippen LogP contribution in [-0.4, -0.2) is 0 Å². The van der Waals surface area contributed by atoms with Crippen LogP contribution in [0.15, 0.2) is 203 Å². The molecule has 67 heavy (non-hydrogen) atoms. The van der Waals surface area contributed by atoms with Gasteiger partial charge in [-0.3, -0.25) is 0 Å². The van der Waals surface area contributed by atoms with E-state index in [-0.39, 0.29) is 22.7 Å². The van der Waals surface area contributed by atoms with Gasteiger partial charge in [0.25, 0.3) is 0 Å². The summed E-state index contributed by atoms with van der Waals surface area (Å²) in [6.07, 6.45) is 0. The summed E-state index contributed by atoms with van der Waals surface area (Å²) in [5.74, 6) is -5.50. The molecule has 0 aliphatic carbocycles. The summed E-state index contributed by atoms with van der Waals surface area (Å²) in [5, 5.41) is 5.14. The molecule has 9 heteroatoms. The van der Waals surface area contributed by atoms with Crippen molar-refractivity contribution in [1.29, 1.82) is 0 Å². The first-order valence-electron chi connectivity index (χ1n) is 21.7. The largest absolute Gasteiger partial charge is 0.456 e. The minimum Gasteiger partial charge on any atom is -0.456 e. The molecule has 0 bridgehead atoms. The normalized spacial score (nSPS) is 12.0. The highest BCUT2D eigenvalue weighted by Gasteiger charge is 2.34. The molecule has 320 valence electrons. The Hall–Kier alpha value is -8.82. The Morgan fingerprint density at radius 1 is 0.358 bits per heavy atom. The smallest absolute Gasteiger partial charge is 0.186 e. The van der Waals surface area contributed by atoms with Gasteiger partial charge in [-0.05, 0) is 83.9 Å². The van der Waals surface area contributed by atoms with E-state index in [4.69, 9.17) is 13.6 Å². The van der Waals surface area contributed by atoms with Crippen LogP contribution < -0.4 is 14.5 Å². The standard InChI is InChI=1S/C58H32F4N2O3/c59-52-50(53(60)55(62)56(54(52)61)64(35-16-5-2-6-17-35)45-24-12-21-41-37-19-8-10-26-47(37)67-58(41)45)33-28-29-38-39-30-31-43(42-22-13-27-48(51(39)42)65-49(38)32-33)63(34-14-3-1-4-15-34)44-23-11-20-40-36-18-7-9-25-46(36)66-57(40)44/h1-32H. The van der Waals surface area contributed by atoms with Gasteiger partial charge in [0, 0.05) is 49.3 Å². The number of halogens is 4.